The second-order valence-corrected chi connectivity index (χ2v) is 6.58. The molecule has 0 unspecified atom stereocenters. The number of sulfone groups is 1. The van der Waals surface area contributed by atoms with Crippen LogP contribution in [0.5, 0.6) is 0 Å². The lowest BCUT2D eigenvalue weighted by Crippen LogP contribution is -1.96. The predicted molar refractivity (Wildman–Crippen MR) is 66.3 cm³/mol. The minimum Gasteiger partial charge on any atom is -0.324 e. The third-order valence-electron chi connectivity index (χ3n) is 2.15. The van der Waals surface area contributed by atoms with E-state index in [1.807, 2.05) is 0 Å². The van der Waals surface area contributed by atoms with Crippen molar-refractivity contribution in [1.29, 1.82) is 0 Å². The number of benzene rings is 1. The number of nitrogens with zero attached hydrogens (tertiary/aromatic N) is 2. The van der Waals surface area contributed by atoms with Crippen LogP contribution < -0.4 is 5.73 Å². The van der Waals surface area contributed by atoms with Crippen LogP contribution in [0.2, 0.25) is 0 Å². The van der Waals surface area contributed by atoms with Gasteiger partial charge in [0.15, 0.2) is 9.84 Å². The van der Waals surface area contributed by atoms with Crippen LogP contribution in [0, 0.1) is 0 Å². The van der Waals surface area contributed by atoms with Crippen molar-refractivity contribution in [3.8, 4) is 10.6 Å². The molecule has 5 nitrogen and oxygen atoms in total. The third-order valence-corrected chi connectivity index (χ3v) is 4.26. The smallest absolute Gasteiger partial charge is 0.175 e. The van der Waals surface area contributed by atoms with Gasteiger partial charge in [0.2, 0.25) is 0 Å². The van der Waals surface area contributed by atoms with E-state index < -0.39 is 9.84 Å². The molecular formula is C10H11N3O2S2. The van der Waals surface area contributed by atoms with Crippen molar-refractivity contribution in [1.82, 2.24) is 10.2 Å². The van der Waals surface area contributed by atoms with E-state index in [-0.39, 0.29) is 4.90 Å². The average molecular weight is 269 g/mol. The fourth-order valence-corrected chi connectivity index (χ4v) is 2.69. The largest absolute Gasteiger partial charge is 0.324 e. The van der Waals surface area contributed by atoms with E-state index in [4.69, 9.17) is 5.73 Å². The Balaban J connectivity index is 2.46. The van der Waals surface area contributed by atoms with Gasteiger partial charge in [-0.3, -0.25) is 0 Å². The summed E-state index contributed by atoms with van der Waals surface area (Å²) in [6.45, 7) is 0.337. The minimum absolute atomic E-state index is 0.277. The Morgan fingerprint density at radius 2 is 2.12 bits per heavy atom. The van der Waals surface area contributed by atoms with Crippen LogP contribution in [0.3, 0.4) is 0 Å². The Hall–Kier alpha value is -1.31. The van der Waals surface area contributed by atoms with Gasteiger partial charge in [0, 0.05) is 18.4 Å². The van der Waals surface area contributed by atoms with Crippen LogP contribution >= 0.6 is 11.3 Å². The molecule has 2 rings (SSSR count). The first-order chi connectivity index (χ1) is 8.00. The summed E-state index contributed by atoms with van der Waals surface area (Å²) in [4.78, 5) is 0.277. The van der Waals surface area contributed by atoms with Gasteiger partial charge in [0.25, 0.3) is 0 Å². The molecule has 0 aliphatic carbocycles. The first-order valence-electron chi connectivity index (χ1n) is 4.83. The molecule has 2 aromatic rings. The maximum atomic E-state index is 11.4. The molecule has 0 spiro atoms. The fourth-order valence-electron chi connectivity index (χ4n) is 1.31. The van der Waals surface area contributed by atoms with Crippen molar-refractivity contribution in [3.63, 3.8) is 0 Å². The molecule has 0 amide bonds. The monoisotopic (exact) mass is 269 g/mol. The number of rotatable bonds is 3. The van der Waals surface area contributed by atoms with E-state index in [9.17, 15) is 8.42 Å². The summed E-state index contributed by atoms with van der Waals surface area (Å²) in [5.41, 5.74) is 6.19. The summed E-state index contributed by atoms with van der Waals surface area (Å²) >= 11 is 1.36. The highest BCUT2D eigenvalue weighted by molar-refractivity contribution is 7.90. The molecule has 0 bridgehead atoms. The van der Waals surface area contributed by atoms with Crippen molar-refractivity contribution in [2.45, 2.75) is 11.4 Å². The van der Waals surface area contributed by atoms with Crippen LogP contribution in [0.1, 0.15) is 5.01 Å². The number of nitrogens with two attached hydrogens (primary N) is 1. The van der Waals surface area contributed by atoms with Gasteiger partial charge in [-0.15, -0.1) is 10.2 Å². The van der Waals surface area contributed by atoms with Crippen molar-refractivity contribution in [2.75, 3.05) is 6.26 Å². The maximum absolute atomic E-state index is 11.4. The Morgan fingerprint density at radius 3 is 2.71 bits per heavy atom. The SMILES string of the molecule is CS(=O)(=O)c1cccc(-c2nnc(CN)s2)c1. The highest BCUT2D eigenvalue weighted by Gasteiger charge is 2.10. The van der Waals surface area contributed by atoms with Gasteiger partial charge in [-0.1, -0.05) is 23.5 Å². The minimum atomic E-state index is -3.20. The molecule has 1 heterocycles. The van der Waals surface area contributed by atoms with Crippen molar-refractivity contribution in [3.05, 3.63) is 29.3 Å². The summed E-state index contributed by atoms with van der Waals surface area (Å²) in [5.74, 6) is 0. The first kappa shape index (κ1) is 12.2. The highest BCUT2D eigenvalue weighted by Crippen LogP contribution is 2.25. The Labute approximate surface area is 103 Å². The summed E-state index contributed by atoms with van der Waals surface area (Å²) in [7, 11) is -3.20. The summed E-state index contributed by atoms with van der Waals surface area (Å²) in [6.07, 6.45) is 1.18. The lowest BCUT2D eigenvalue weighted by molar-refractivity contribution is 0.602. The maximum Gasteiger partial charge on any atom is 0.175 e. The van der Waals surface area contributed by atoms with E-state index in [1.54, 1.807) is 24.3 Å². The van der Waals surface area contributed by atoms with E-state index >= 15 is 0 Å². The van der Waals surface area contributed by atoms with Gasteiger partial charge in [0.05, 0.1) is 4.90 Å². The second kappa shape index (κ2) is 4.52. The molecule has 0 atom stereocenters. The zero-order chi connectivity index (χ0) is 12.5. The summed E-state index contributed by atoms with van der Waals surface area (Å²) < 4.78 is 22.9. The Morgan fingerprint density at radius 1 is 1.35 bits per heavy atom. The molecule has 1 aromatic heterocycles. The molecule has 0 saturated heterocycles. The van der Waals surface area contributed by atoms with Gasteiger partial charge in [-0.2, -0.15) is 0 Å². The second-order valence-electron chi connectivity index (χ2n) is 3.51. The van der Waals surface area contributed by atoms with Crippen molar-refractivity contribution >= 4 is 21.2 Å². The van der Waals surface area contributed by atoms with Gasteiger partial charge in [-0.25, -0.2) is 8.42 Å². The first-order valence-corrected chi connectivity index (χ1v) is 7.54. The number of aromatic nitrogens is 2. The summed E-state index contributed by atoms with van der Waals surface area (Å²) in [5, 5.41) is 9.27. The molecule has 17 heavy (non-hydrogen) atoms. The van der Waals surface area contributed by atoms with Crippen LogP contribution in [0.4, 0.5) is 0 Å². The van der Waals surface area contributed by atoms with E-state index in [1.165, 1.54) is 17.6 Å². The standard InChI is InChI=1S/C10H11N3O2S2/c1-17(14,15)8-4-2-3-7(5-8)10-13-12-9(6-11)16-10/h2-5H,6,11H2,1H3. The number of hydrogen-bond acceptors (Lipinski definition) is 6. The topological polar surface area (TPSA) is 85.9 Å². The van der Waals surface area contributed by atoms with Crippen LogP contribution in [-0.4, -0.2) is 24.9 Å². The van der Waals surface area contributed by atoms with E-state index in [0.717, 1.165) is 10.6 Å². The van der Waals surface area contributed by atoms with Crippen LogP contribution in [-0.2, 0) is 16.4 Å². The van der Waals surface area contributed by atoms with E-state index in [0.29, 0.717) is 11.6 Å². The Bertz CT molecular complexity index is 635. The quantitative estimate of drug-likeness (QED) is 0.900. The third kappa shape index (κ3) is 2.68. The van der Waals surface area contributed by atoms with Crippen LogP contribution in [0.15, 0.2) is 29.2 Å². The summed E-state index contributed by atoms with van der Waals surface area (Å²) in [6, 6.07) is 6.64. The van der Waals surface area contributed by atoms with Gasteiger partial charge >= 0.3 is 0 Å². The van der Waals surface area contributed by atoms with Crippen LogP contribution in [0.25, 0.3) is 10.6 Å². The molecule has 2 N–H and O–H groups in total. The lowest BCUT2D eigenvalue weighted by atomic mass is 10.2. The molecule has 0 fully saturated rings. The molecule has 0 aliphatic heterocycles. The molecule has 0 saturated carbocycles. The van der Waals surface area contributed by atoms with Gasteiger partial charge in [0.1, 0.15) is 10.0 Å². The van der Waals surface area contributed by atoms with Crippen molar-refractivity contribution < 1.29 is 8.42 Å². The highest BCUT2D eigenvalue weighted by atomic mass is 32.2. The van der Waals surface area contributed by atoms with Gasteiger partial charge in [-0.05, 0) is 12.1 Å². The Kier molecular flexibility index (Phi) is 3.23. The van der Waals surface area contributed by atoms with E-state index in [2.05, 4.69) is 10.2 Å². The van der Waals surface area contributed by atoms with Gasteiger partial charge < -0.3 is 5.73 Å². The normalized spacial score (nSPS) is 11.6. The zero-order valence-electron chi connectivity index (χ0n) is 9.12. The average Bonchev–Trinajstić information content (AvgIpc) is 2.76. The molecule has 90 valence electrons. The molecular weight excluding hydrogens is 258 g/mol. The number of hydrogen-bond donors (Lipinski definition) is 1. The lowest BCUT2D eigenvalue weighted by Gasteiger charge is -2.00. The van der Waals surface area contributed by atoms with Crippen molar-refractivity contribution in [2.24, 2.45) is 5.73 Å². The molecule has 7 heteroatoms. The fraction of sp³-hybridized carbons (Fsp3) is 0.200. The predicted octanol–water partition coefficient (Wildman–Crippen LogP) is 1.07. The molecule has 0 aliphatic rings. The molecule has 0 radical (unpaired) electrons. The zero-order valence-corrected chi connectivity index (χ0v) is 10.8. The molecule has 1 aromatic carbocycles.